The highest BCUT2D eigenvalue weighted by molar-refractivity contribution is 6.25. The smallest absolute Gasteiger partial charge is 0.0594 e. The average molecular weight is 204 g/mol. The van der Waals surface area contributed by atoms with Crippen molar-refractivity contribution in [1.82, 2.24) is 5.32 Å². The summed E-state index contributed by atoms with van der Waals surface area (Å²) in [5, 5.41) is 3.21. The van der Waals surface area contributed by atoms with Gasteiger partial charge in [-0.15, -0.1) is 0 Å². The summed E-state index contributed by atoms with van der Waals surface area (Å²) < 4.78 is 5.66. The second kappa shape index (κ2) is 7.36. The van der Waals surface area contributed by atoms with Crippen LogP contribution in [0.2, 0.25) is 0 Å². The molecule has 0 amide bonds. The van der Waals surface area contributed by atoms with Crippen LogP contribution in [0.1, 0.15) is 25.7 Å². The molecule has 0 aromatic rings. The molecule has 0 bridgehead atoms. The Bertz CT molecular complexity index is 144. The Morgan fingerprint density at radius 3 is 2.85 bits per heavy atom. The number of nitrogens with one attached hydrogen (secondary N) is 1. The Morgan fingerprint density at radius 2 is 2.15 bits per heavy atom. The zero-order chi connectivity index (χ0) is 9.36. The van der Waals surface area contributed by atoms with Crippen molar-refractivity contribution in [1.29, 1.82) is 0 Å². The number of hydrogen-bond acceptors (Lipinski definition) is 2. The van der Waals surface area contributed by atoms with Crippen LogP contribution in [0, 0.1) is 0 Å². The van der Waals surface area contributed by atoms with E-state index in [2.05, 4.69) is 5.32 Å². The summed E-state index contributed by atoms with van der Waals surface area (Å²) in [6, 6.07) is 0. The first-order valence-corrected chi connectivity index (χ1v) is 5.44. The molecule has 3 heteroatoms. The largest absolute Gasteiger partial charge is 0.377 e. The topological polar surface area (TPSA) is 21.3 Å². The predicted octanol–water partition coefficient (Wildman–Crippen LogP) is 2.29. The van der Waals surface area contributed by atoms with Crippen molar-refractivity contribution < 1.29 is 4.74 Å². The Labute approximate surface area is 85.3 Å². The van der Waals surface area contributed by atoms with Crippen LogP contribution in [0.4, 0.5) is 0 Å². The molecule has 0 radical (unpaired) electrons. The summed E-state index contributed by atoms with van der Waals surface area (Å²) >= 11 is 5.37. The van der Waals surface area contributed by atoms with Gasteiger partial charge < -0.3 is 10.1 Å². The third kappa shape index (κ3) is 5.29. The Hall–Kier alpha value is -0.0500. The molecule has 0 heterocycles. The normalized spacial score (nSPS) is 18.8. The molecule has 76 valence electrons. The lowest BCUT2D eigenvalue weighted by Gasteiger charge is -2.10. The van der Waals surface area contributed by atoms with Gasteiger partial charge in [0.15, 0.2) is 0 Å². The van der Waals surface area contributed by atoms with Crippen molar-refractivity contribution in [3.05, 3.63) is 11.6 Å². The highest BCUT2D eigenvalue weighted by Gasteiger charge is 2.14. The Morgan fingerprint density at radius 1 is 1.38 bits per heavy atom. The van der Waals surface area contributed by atoms with Gasteiger partial charge in [-0.05, 0) is 12.8 Å². The van der Waals surface area contributed by atoms with Crippen molar-refractivity contribution >= 4 is 11.6 Å². The fourth-order valence-corrected chi connectivity index (χ4v) is 1.67. The quantitative estimate of drug-likeness (QED) is 0.669. The van der Waals surface area contributed by atoms with Gasteiger partial charge in [-0.3, -0.25) is 0 Å². The highest BCUT2D eigenvalue weighted by atomic mass is 35.5. The second-order valence-electron chi connectivity index (χ2n) is 3.34. The molecular formula is C10H18ClNO. The van der Waals surface area contributed by atoms with Crippen molar-refractivity contribution in [2.75, 3.05) is 19.7 Å². The van der Waals surface area contributed by atoms with Crippen LogP contribution in [0.25, 0.3) is 0 Å². The molecule has 2 nitrogen and oxygen atoms in total. The molecular weight excluding hydrogens is 186 g/mol. The van der Waals surface area contributed by atoms with Crippen LogP contribution in [-0.4, -0.2) is 25.8 Å². The minimum atomic E-state index is 0.533. The van der Waals surface area contributed by atoms with E-state index in [1.54, 1.807) is 0 Å². The molecule has 0 spiro atoms. The molecule has 0 unspecified atom stereocenters. The van der Waals surface area contributed by atoms with Gasteiger partial charge in [0.2, 0.25) is 0 Å². The molecule has 0 saturated heterocycles. The van der Waals surface area contributed by atoms with Crippen LogP contribution >= 0.6 is 11.6 Å². The maximum Gasteiger partial charge on any atom is 0.0594 e. The van der Waals surface area contributed by atoms with E-state index in [0.717, 1.165) is 19.7 Å². The summed E-state index contributed by atoms with van der Waals surface area (Å²) in [4.78, 5) is 0. The third-order valence-corrected chi connectivity index (χ3v) is 2.46. The Balaban J connectivity index is 1.83. The van der Waals surface area contributed by atoms with Gasteiger partial charge in [-0.1, -0.05) is 30.5 Å². The zero-order valence-corrected chi connectivity index (χ0v) is 8.72. The van der Waals surface area contributed by atoms with Gasteiger partial charge in [0.05, 0.1) is 12.7 Å². The van der Waals surface area contributed by atoms with E-state index in [-0.39, 0.29) is 0 Å². The van der Waals surface area contributed by atoms with Gasteiger partial charge in [-0.2, -0.15) is 0 Å². The number of rotatable bonds is 6. The number of hydrogen-bond donors (Lipinski definition) is 1. The molecule has 0 aliphatic heterocycles. The first-order chi connectivity index (χ1) is 6.43. The summed E-state index contributed by atoms with van der Waals surface area (Å²) in [5.74, 6) is 0. The van der Waals surface area contributed by atoms with E-state index < -0.39 is 0 Å². The van der Waals surface area contributed by atoms with E-state index in [9.17, 15) is 0 Å². The van der Waals surface area contributed by atoms with E-state index in [1.807, 2.05) is 6.08 Å². The van der Waals surface area contributed by atoms with Gasteiger partial charge in [-0.25, -0.2) is 0 Å². The third-order valence-electron chi connectivity index (χ3n) is 2.29. The maximum atomic E-state index is 5.66. The number of halogens is 1. The van der Waals surface area contributed by atoms with Crippen molar-refractivity contribution in [3.63, 3.8) is 0 Å². The van der Waals surface area contributed by atoms with E-state index in [1.165, 1.54) is 31.2 Å². The molecule has 1 aliphatic carbocycles. The highest BCUT2D eigenvalue weighted by Crippen LogP contribution is 2.20. The standard InChI is InChI=1S/C10H18ClNO/c11-6-3-7-12-8-9-13-10-4-1-2-5-10/h3,6,10,12H,1-2,4-5,7-9H2/b6-3+. The number of ether oxygens (including phenoxy) is 1. The van der Waals surface area contributed by atoms with Crippen molar-refractivity contribution in [2.45, 2.75) is 31.8 Å². The molecule has 1 N–H and O–H groups in total. The first-order valence-electron chi connectivity index (χ1n) is 5.01. The monoisotopic (exact) mass is 203 g/mol. The summed E-state index contributed by atoms with van der Waals surface area (Å²) in [6.07, 6.45) is 7.60. The van der Waals surface area contributed by atoms with Crippen LogP contribution in [0.15, 0.2) is 11.6 Å². The molecule has 0 aromatic heterocycles. The van der Waals surface area contributed by atoms with Crippen LogP contribution in [0.5, 0.6) is 0 Å². The molecule has 1 fully saturated rings. The van der Waals surface area contributed by atoms with Crippen molar-refractivity contribution in [2.24, 2.45) is 0 Å². The van der Waals surface area contributed by atoms with E-state index >= 15 is 0 Å². The minimum Gasteiger partial charge on any atom is -0.377 e. The predicted molar refractivity (Wildman–Crippen MR) is 56.1 cm³/mol. The molecule has 13 heavy (non-hydrogen) atoms. The van der Waals surface area contributed by atoms with Crippen LogP contribution in [0.3, 0.4) is 0 Å². The van der Waals surface area contributed by atoms with Crippen molar-refractivity contribution in [3.8, 4) is 0 Å². The average Bonchev–Trinajstić information content (AvgIpc) is 2.63. The first kappa shape index (κ1) is 11.0. The van der Waals surface area contributed by atoms with Gasteiger partial charge >= 0.3 is 0 Å². The second-order valence-corrected chi connectivity index (χ2v) is 3.60. The molecule has 0 atom stereocenters. The lowest BCUT2D eigenvalue weighted by molar-refractivity contribution is 0.0608. The maximum absolute atomic E-state index is 5.66. The molecule has 0 aromatic carbocycles. The minimum absolute atomic E-state index is 0.533. The zero-order valence-electron chi connectivity index (χ0n) is 7.97. The fourth-order valence-electron chi connectivity index (χ4n) is 1.58. The fraction of sp³-hybridized carbons (Fsp3) is 0.800. The van der Waals surface area contributed by atoms with E-state index in [4.69, 9.17) is 16.3 Å². The van der Waals surface area contributed by atoms with Crippen LogP contribution < -0.4 is 5.32 Å². The summed E-state index contributed by atoms with van der Waals surface area (Å²) in [6.45, 7) is 2.57. The SMILES string of the molecule is Cl/C=C/CNCCOC1CCCC1. The molecule has 1 saturated carbocycles. The Kier molecular flexibility index (Phi) is 6.25. The summed E-state index contributed by atoms with van der Waals surface area (Å²) in [5.41, 5.74) is 1.53. The van der Waals surface area contributed by atoms with Gasteiger partial charge in [0.1, 0.15) is 0 Å². The molecule has 1 aliphatic rings. The molecule has 1 rings (SSSR count). The van der Waals surface area contributed by atoms with Crippen LogP contribution in [-0.2, 0) is 4.74 Å². The van der Waals surface area contributed by atoms with E-state index in [0.29, 0.717) is 6.10 Å². The van der Waals surface area contributed by atoms with Gasteiger partial charge in [0.25, 0.3) is 0 Å². The van der Waals surface area contributed by atoms with Gasteiger partial charge in [0, 0.05) is 18.6 Å². The lowest BCUT2D eigenvalue weighted by atomic mass is 10.3. The lowest BCUT2D eigenvalue weighted by Crippen LogP contribution is -2.22. The summed E-state index contributed by atoms with van der Waals surface area (Å²) in [7, 11) is 0.